The van der Waals surface area contributed by atoms with Crippen molar-refractivity contribution in [3.8, 4) is 0 Å². The zero-order valence-corrected chi connectivity index (χ0v) is 11.3. The Bertz CT molecular complexity index is 380. The summed E-state index contributed by atoms with van der Waals surface area (Å²) in [4.78, 5) is 11.7. The minimum absolute atomic E-state index is 0.0233. The number of hydrogen-bond acceptors (Lipinski definition) is 3. The largest absolute Gasteiger partial charge is 0.385 e. The summed E-state index contributed by atoms with van der Waals surface area (Å²) >= 11 is 0. The number of benzene rings is 1. The molecule has 0 spiro atoms. The van der Waals surface area contributed by atoms with Gasteiger partial charge in [-0.2, -0.15) is 0 Å². The number of amides is 1. The molecule has 100 valence electrons. The van der Waals surface area contributed by atoms with E-state index in [9.17, 15) is 4.79 Å². The fourth-order valence-corrected chi connectivity index (χ4v) is 1.59. The standard InChI is InChI=1S/C14H22N2O2/c1-11-5-4-6-13(9-11)16-14(17)10-15-12(2)7-8-18-3/h4-6,9,12,15H,7-8,10H2,1-3H3,(H,16,17). The monoisotopic (exact) mass is 250 g/mol. The first-order valence-corrected chi connectivity index (χ1v) is 6.20. The summed E-state index contributed by atoms with van der Waals surface area (Å²) in [6.07, 6.45) is 0.897. The van der Waals surface area contributed by atoms with Gasteiger partial charge in [0, 0.05) is 25.4 Å². The third-order valence-corrected chi connectivity index (χ3v) is 2.67. The zero-order chi connectivity index (χ0) is 13.4. The van der Waals surface area contributed by atoms with Crippen LogP contribution in [0.15, 0.2) is 24.3 Å². The van der Waals surface area contributed by atoms with Crippen LogP contribution in [0.25, 0.3) is 0 Å². The maximum atomic E-state index is 11.7. The summed E-state index contributed by atoms with van der Waals surface area (Å²) < 4.78 is 4.99. The fraction of sp³-hybridized carbons (Fsp3) is 0.500. The van der Waals surface area contributed by atoms with Gasteiger partial charge < -0.3 is 15.4 Å². The molecular formula is C14H22N2O2. The number of anilines is 1. The van der Waals surface area contributed by atoms with E-state index in [2.05, 4.69) is 10.6 Å². The van der Waals surface area contributed by atoms with E-state index in [1.807, 2.05) is 38.1 Å². The number of nitrogens with one attached hydrogen (secondary N) is 2. The molecule has 0 heterocycles. The van der Waals surface area contributed by atoms with E-state index < -0.39 is 0 Å². The molecule has 4 nitrogen and oxygen atoms in total. The van der Waals surface area contributed by atoms with Gasteiger partial charge in [0.15, 0.2) is 0 Å². The van der Waals surface area contributed by atoms with Crippen LogP contribution in [-0.4, -0.2) is 32.2 Å². The molecule has 0 bridgehead atoms. The minimum atomic E-state index is -0.0233. The van der Waals surface area contributed by atoms with E-state index in [4.69, 9.17) is 4.74 Å². The summed E-state index contributed by atoms with van der Waals surface area (Å²) in [6, 6.07) is 8.04. The van der Waals surface area contributed by atoms with Crippen molar-refractivity contribution in [1.82, 2.24) is 5.32 Å². The number of aryl methyl sites for hydroxylation is 1. The van der Waals surface area contributed by atoms with Crippen molar-refractivity contribution >= 4 is 11.6 Å². The number of ether oxygens (including phenoxy) is 1. The highest BCUT2D eigenvalue weighted by Gasteiger charge is 2.05. The average Bonchev–Trinajstić information content (AvgIpc) is 2.34. The van der Waals surface area contributed by atoms with Gasteiger partial charge in [0.25, 0.3) is 0 Å². The zero-order valence-electron chi connectivity index (χ0n) is 11.3. The van der Waals surface area contributed by atoms with Crippen molar-refractivity contribution < 1.29 is 9.53 Å². The summed E-state index contributed by atoms with van der Waals surface area (Å²) in [6.45, 7) is 5.06. The van der Waals surface area contributed by atoms with Crippen molar-refractivity contribution in [1.29, 1.82) is 0 Å². The highest BCUT2D eigenvalue weighted by molar-refractivity contribution is 5.92. The first-order valence-electron chi connectivity index (χ1n) is 6.20. The molecular weight excluding hydrogens is 228 g/mol. The highest BCUT2D eigenvalue weighted by Crippen LogP contribution is 2.08. The molecule has 0 aliphatic carbocycles. The van der Waals surface area contributed by atoms with Crippen molar-refractivity contribution in [3.05, 3.63) is 29.8 Å². The van der Waals surface area contributed by atoms with Crippen LogP contribution in [0.1, 0.15) is 18.9 Å². The molecule has 0 radical (unpaired) electrons. The molecule has 0 fully saturated rings. The van der Waals surface area contributed by atoms with Crippen molar-refractivity contribution in [2.24, 2.45) is 0 Å². The predicted octanol–water partition coefficient (Wildman–Crippen LogP) is 1.95. The van der Waals surface area contributed by atoms with Crippen LogP contribution in [0, 0.1) is 6.92 Å². The van der Waals surface area contributed by atoms with Crippen molar-refractivity contribution in [2.75, 3.05) is 25.6 Å². The molecule has 2 N–H and O–H groups in total. The van der Waals surface area contributed by atoms with Gasteiger partial charge in [0.1, 0.15) is 0 Å². The highest BCUT2D eigenvalue weighted by atomic mass is 16.5. The maximum Gasteiger partial charge on any atom is 0.238 e. The lowest BCUT2D eigenvalue weighted by atomic mass is 10.2. The Morgan fingerprint density at radius 2 is 2.22 bits per heavy atom. The third kappa shape index (κ3) is 5.80. The van der Waals surface area contributed by atoms with Crippen LogP contribution in [0.3, 0.4) is 0 Å². The second kappa shape index (κ2) is 7.84. The SMILES string of the molecule is COCCC(C)NCC(=O)Nc1cccc(C)c1. The number of carbonyl (C=O) groups is 1. The van der Waals surface area contributed by atoms with Gasteiger partial charge in [-0.3, -0.25) is 4.79 Å². The first-order chi connectivity index (χ1) is 8.61. The number of carbonyl (C=O) groups excluding carboxylic acids is 1. The van der Waals surface area contributed by atoms with Gasteiger partial charge in [0.05, 0.1) is 6.54 Å². The van der Waals surface area contributed by atoms with E-state index in [1.54, 1.807) is 7.11 Å². The Labute approximate surface area is 109 Å². The van der Waals surface area contributed by atoms with Crippen LogP contribution in [0.5, 0.6) is 0 Å². The Morgan fingerprint density at radius 3 is 2.89 bits per heavy atom. The van der Waals surface area contributed by atoms with Crippen LogP contribution >= 0.6 is 0 Å². The molecule has 1 aromatic carbocycles. The van der Waals surface area contributed by atoms with Crippen LogP contribution in [-0.2, 0) is 9.53 Å². The lowest BCUT2D eigenvalue weighted by Crippen LogP contribution is -2.35. The topological polar surface area (TPSA) is 50.4 Å². The Balaban J connectivity index is 2.29. The van der Waals surface area contributed by atoms with E-state index in [0.29, 0.717) is 13.2 Å². The third-order valence-electron chi connectivity index (χ3n) is 2.67. The first kappa shape index (κ1) is 14.7. The molecule has 0 aliphatic rings. The summed E-state index contributed by atoms with van der Waals surface area (Å²) in [5.74, 6) is -0.0233. The number of rotatable bonds is 7. The quantitative estimate of drug-likeness (QED) is 0.777. The Morgan fingerprint density at radius 1 is 1.44 bits per heavy atom. The lowest BCUT2D eigenvalue weighted by molar-refractivity contribution is -0.115. The van der Waals surface area contributed by atoms with E-state index >= 15 is 0 Å². The minimum Gasteiger partial charge on any atom is -0.385 e. The molecule has 1 aromatic rings. The maximum absolute atomic E-state index is 11.7. The van der Waals surface area contributed by atoms with Gasteiger partial charge in [-0.1, -0.05) is 12.1 Å². The Kier molecular flexibility index (Phi) is 6.39. The van der Waals surface area contributed by atoms with Crippen LogP contribution in [0.2, 0.25) is 0 Å². The molecule has 0 aliphatic heterocycles. The number of methoxy groups -OCH3 is 1. The molecule has 0 saturated heterocycles. The summed E-state index contributed by atoms with van der Waals surface area (Å²) in [7, 11) is 1.68. The molecule has 1 unspecified atom stereocenters. The normalized spacial score (nSPS) is 12.2. The molecule has 1 atom stereocenters. The second-order valence-electron chi connectivity index (χ2n) is 4.48. The van der Waals surface area contributed by atoms with Crippen LogP contribution < -0.4 is 10.6 Å². The van der Waals surface area contributed by atoms with Crippen LogP contribution in [0.4, 0.5) is 5.69 Å². The fourth-order valence-electron chi connectivity index (χ4n) is 1.59. The van der Waals surface area contributed by atoms with Crippen molar-refractivity contribution in [2.45, 2.75) is 26.3 Å². The molecule has 0 saturated carbocycles. The molecule has 4 heteroatoms. The van der Waals surface area contributed by atoms with Gasteiger partial charge in [-0.05, 0) is 38.0 Å². The van der Waals surface area contributed by atoms with E-state index in [0.717, 1.165) is 17.7 Å². The average molecular weight is 250 g/mol. The van der Waals surface area contributed by atoms with Gasteiger partial charge >= 0.3 is 0 Å². The van der Waals surface area contributed by atoms with Gasteiger partial charge in [-0.25, -0.2) is 0 Å². The number of hydrogen-bond donors (Lipinski definition) is 2. The van der Waals surface area contributed by atoms with E-state index in [-0.39, 0.29) is 11.9 Å². The molecule has 0 aromatic heterocycles. The van der Waals surface area contributed by atoms with Gasteiger partial charge in [0.2, 0.25) is 5.91 Å². The summed E-state index contributed by atoms with van der Waals surface area (Å²) in [5, 5.41) is 6.02. The van der Waals surface area contributed by atoms with Crippen molar-refractivity contribution in [3.63, 3.8) is 0 Å². The predicted molar refractivity (Wildman–Crippen MR) is 73.8 cm³/mol. The lowest BCUT2D eigenvalue weighted by Gasteiger charge is -2.13. The molecule has 1 amide bonds. The Hall–Kier alpha value is -1.39. The summed E-state index contributed by atoms with van der Waals surface area (Å²) in [5.41, 5.74) is 1.97. The second-order valence-corrected chi connectivity index (χ2v) is 4.48. The van der Waals surface area contributed by atoms with Gasteiger partial charge in [-0.15, -0.1) is 0 Å². The van der Waals surface area contributed by atoms with E-state index in [1.165, 1.54) is 0 Å². The molecule has 1 rings (SSSR count). The smallest absolute Gasteiger partial charge is 0.238 e. The molecule has 18 heavy (non-hydrogen) atoms.